The van der Waals surface area contributed by atoms with E-state index < -0.39 is 0 Å². The van der Waals surface area contributed by atoms with Crippen LogP contribution in [0.4, 0.5) is 0 Å². The van der Waals surface area contributed by atoms with Gasteiger partial charge in [-0.15, -0.1) is 6.58 Å². The van der Waals surface area contributed by atoms with Crippen molar-refractivity contribution in [3.8, 4) is 0 Å². The molecule has 48 valence electrons. The van der Waals surface area contributed by atoms with Gasteiger partial charge in [0.1, 0.15) is 13.7 Å². The van der Waals surface area contributed by atoms with Crippen LogP contribution < -0.4 is 5.73 Å². The van der Waals surface area contributed by atoms with Crippen molar-refractivity contribution in [2.24, 2.45) is 10.7 Å². The lowest BCUT2D eigenvalue weighted by Crippen LogP contribution is -1.93. The Morgan fingerprint density at radius 2 is 2.33 bits per heavy atom. The summed E-state index contributed by atoms with van der Waals surface area (Å²) in [5.41, 5.74) is 6.25. The second-order valence-electron chi connectivity index (χ2n) is 1.82. The summed E-state index contributed by atoms with van der Waals surface area (Å²) in [6.07, 6.45) is 3.37. The quantitative estimate of drug-likeness (QED) is 0.407. The lowest BCUT2D eigenvalue weighted by atomic mass is 10.00. The highest BCUT2D eigenvalue weighted by Gasteiger charge is 1.77. The molecule has 0 aromatic carbocycles. The number of hydrogen-bond acceptors (Lipinski definition) is 2. The van der Waals surface area contributed by atoms with Gasteiger partial charge in [0, 0.05) is 6.21 Å². The molecule has 2 N–H and O–H groups in total. The van der Waals surface area contributed by atoms with Gasteiger partial charge in [0.2, 0.25) is 0 Å². The first-order valence-electron chi connectivity index (χ1n) is 2.78. The third-order valence-corrected chi connectivity index (χ3v) is 0.730. The van der Waals surface area contributed by atoms with Crippen LogP contribution in [-0.2, 0) is 0 Å². The zero-order valence-corrected chi connectivity index (χ0v) is 5.89. The van der Waals surface area contributed by atoms with Gasteiger partial charge in [-0.2, -0.15) is 0 Å². The molecular formula is C6H11BN2. The van der Waals surface area contributed by atoms with Crippen molar-refractivity contribution in [1.82, 2.24) is 0 Å². The molecule has 0 aromatic heterocycles. The Morgan fingerprint density at radius 1 is 1.78 bits per heavy atom. The summed E-state index contributed by atoms with van der Waals surface area (Å²) >= 11 is 0. The first-order valence-corrected chi connectivity index (χ1v) is 2.78. The topological polar surface area (TPSA) is 38.4 Å². The van der Waals surface area contributed by atoms with E-state index in [0.29, 0.717) is 5.82 Å². The van der Waals surface area contributed by atoms with Gasteiger partial charge in [-0.3, -0.25) is 0 Å². The Morgan fingerprint density at radius 3 is 2.67 bits per heavy atom. The van der Waals surface area contributed by atoms with Crippen molar-refractivity contribution in [2.45, 2.75) is 6.92 Å². The second kappa shape index (κ2) is 3.95. The number of nitrogens with two attached hydrogens (primary N) is 1. The molecule has 0 amide bonds. The Labute approximate surface area is 56.6 Å². The lowest BCUT2D eigenvalue weighted by molar-refractivity contribution is 1.24. The first-order chi connectivity index (χ1) is 4.16. The summed E-state index contributed by atoms with van der Waals surface area (Å²) in [7, 11) is 1.87. The van der Waals surface area contributed by atoms with Gasteiger partial charge in [0.15, 0.2) is 0 Å². The molecule has 0 aliphatic carbocycles. The zero-order valence-electron chi connectivity index (χ0n) is 5.89. The van der Waals surface area contributed by atoms with Crippen molar-refractivity contribution in [3.05, 3.63) is 23.9 Å². The van der Waals surface area contributed by atoms with Gasteiger partial charge in [0.05, 0.1) is 0 Å². The molecule has 3 heteroatoms. The molecule has 0 aliphatic heterocycles. The summed E-state index contributed by atoms with van der Waals surface area (Å²) < 4.78 is 0. The fourth-order valence-electron chi connectivity index (χ4n) is 0.259. The fourth-order valence-corrected chi connectivity index (χ4v) is 0.259. The van der Waals surface area contributed by atoms with Gasteiger partial charge in [-0.05, 0) is 13.0 Å². The monoisotopic (exact) mass is 122 g/mol. The largest absolute Gasteiger partial charge is 0.384 e. The number of nitrogens with zero attached hydrogens (tertiary/aromatic N) is 1. The van der Waals surface area contributed by atoms with Gasteiger partial charge >= 0.3 is 0 Å². The molecular weight excluding hydrogens is 111 g/mol. The minimum atomic E-state index is 0.526. The Bertz CT molecular complexity index is 158. The summed E-state index contributed by atoms with van der Waals surface area (Å²) in [4.78, 5) is 3.86. The van der Waals surface area contributed by atoms with E-state index in [0.717, 1.165) is 5.47 Å². The van der Waals surface area contributed by atoms with Gasteiger partial charge in [-0.1, -0.05) is 5.47 Å². The predicted octanol–water partition coefficient (Wildman–Crippen LogP) is 0.0240. The van der Waals surface area contributed by atoms with Crippen LogP contribution in [0.15, 0.2) is 28.9 Å². The normalized spacial score (nSPS) is 12.3. The van der Waals surface area contributed by atoms with Crippen LogP contribution in [0.1, 0.15) is 6.92 Å². The Kier molecular flexibility index (Phi) is 3.52. The van der Waals surface area contributed by atoms with Crippen molar-refractivity contribution in [1.29, 1.82) is 0 Å². The predicted molar refractivity (Wildman–Crippen MR) is 44.1 cm³/mol. The SMILES string of the molecule is BC(=C)/C=N\C(N)=C/C. The highest BCUT2D eigenvalue weighted by Crippen LogP contribution is 1.83. The summed E-state index contributed by atoms with van der Waals surface area (Å²) in [5.74, 6) is 0.526. The van der Waals surface area contributed by atoms with Gasteiger partial charge in [-0.25, -0.2) is 4.99 Å². The molecule has 0 atom stereocenters. The molecule has 0 saturated carbocycles. The third-order valence-electron chi connectivity index (χ3n) is 0.730. The fraction of sp³-hybridized carbons (Fsp3) is 0.167. The summed E-state index contributed by atoms with van der Waals surface area (Å²) in [5, 5.41) is 0. The average Bonchev–Trinajstić information content (AvgIpc) is 1.83. The molecule has 0 rings (SSSR count). The summed E-state index contributed by atoms with van der Waals surface area (Å²) in [6, 6.07) is 0. The van der Waals surface area contributed by atoms with E-state index >= 15 is 0 Å². The van der Waals surface area contributed by atoms with Crippen LogP contribution in [0.25, 0.3) is 0 Å². The van der Waals surface area contributed by atoms with Crippen LogP contribution in [0.2, 0.25) is 0 Å². The first kappa shape index (κ1) is 8.01. The average molecular weight is 122 g/mol. The van der Waals surface area contributed by atoms with Crippen LogP contribution in [0.3, 0.4) is 0 Å². The molecule has 2 nitrogen and oxygen atoms in total. The number of hydrogen-bond donors (Lipinski definition) is 1. The maximum atomic E-state index is 5.34. The van der Waals surface area contributed by atoms with Crippen molar-refractivity contribution in [2.75, 3.05) is 0 Å². The number of allylic oxidation sites excluding steroid dienone is 2. The highest BCUT2D eigenvalue weighted by atomic mass is 14.9. The van der Waals surface area contributed by atoms with Crippen molar-refractivity contribution in [3.63, 3.8) is 0 Å². The minimum Gasteiger partial charge on any atom is -0.384 e. The number of rotatable bonds is 2. The van der Waals surface area contributed by atoms with Gasteiger partial charge < -0.3 is 5.73 Å². The molecule has 0 aliphatic rings. The second-order valence-corrected chi connectivity index (χ2v) is 1.82. The van der Waals surface area contributed by atoms with Crippen LogP contribution in [0, 0.1) is 0 Å². The standard InChI is InChI=1S/C6H11BN2/c1-3-6(8)9-4-5(2)7/h3-4H,2,7-8H2,1H3/b6-3-,9-4-. The summed E-state index contributed by atoms with van der Waals surface area (Å²) in [6.45, 7) is 5.47. The van der Waals surface area contributed by atoms with E-state index in [-0.39, 0.29) is 0 Å². The Balaban J connectivity index is 3.86. The smallest absolute Gasteiger partial charge is 0.140 e. The lowest BCUT2D eigenvalue weighted by Gasteiger charge is -1.87. The van der Waals surface area contributed by atoms with E-state index in [1.807, 2.05) is 14.8 Å². The highest BCUT2D eigenvalue weighted by molar-refractivity contribution is 6.32. The maximum Gasteiger partial charge on any atom is 0.140 e. The van der Waals surface area contributed by atoms with Crippen molar-refractivity contribution < 1.29 is 0 Å². The third kappa shape index (κ3) is 4.88. The van der Waals surface area contributed by atoms with E-state index in [1.54, 1.807) is 12.3 Å². The molecule has 0 fully saturated rings. The zero-order chi connectivity index (χ0) is 7.28. The molecule has 0 bridgehead atoms. The molecule has 0 heterocycles. The van der Waals surface area contributed by atoms with Crippen LogP contribution in [-0.4, -0.2) is 14.1 Å². The van der Waals surface area contributed by atoms with Crippen LogP contribution in [0.5, 0.6) is 0 Å². The van der Waals surface area contributed by atoms with E-state index in [4.69, 9.17) is 5.73 Å². The van der Waals surface area contributed by atoms with E-state index in [1.165, 1.54) is 0 Å². The van der Waals surface area contributed by atoms with Gasteiger partial charge in [0.25, 0.3) is 0 Å². The minimum absolute atomic E-state index is 0.526. The molecule has 0 saturated heterocycles. The maximum absolute atomic E-state index is 5.34. The van der Waals surface area contributed by atoms with E-state index in [9.17, 15) is 0 Å². The molecule has 0 radical (unpaired) electrons. The molecule has 9 heavy (non-hydrogen) atoms. The molecule has 0 spiro atoms. The molecule has 0 unspecified atom stereocenters. The van der Waals surface area contributed by atoms with E-state index in [2.05, 4.69) is 11.6 Å². The number of aliphatic imine (C=N–C) groups is 1. The Hall–Kier alpha value is -0.985. The van der Waals surface area contributed by atoms with Crippen molar-refractivity contribution >= 4 is 14.1 Å². The van der Waals surface area contributed by atoms with Crippen LogP contribution >= 0.6 is 0 Å². The molecule has 0 aromatic rings.